The molecule has 19 heavy (non-hydrogen) atoms. The number of hydrogen-bond donors (Lipinski definition) is 1. The summed E-state index contributed by atoms with van der Waals surface area (Å²) in [5, 5.41) is 5.22. The van der Waals surface area contributed by atoms with Crippen LogP contribution in [-0.4, -0.2) is 27.7 Å². The molecule has 1 heterocycles. The van der Waals surface area contributed by atoms with Gasteiger partial charge in [0, 0.05) is 6.61 Å². The van der Waals surface area contributed by atoms with E-state index in [1.165, 1.54) is 12.1 Å². The van der Waals surface area contributed by atoms with Gasteiger partial charge in [0.1, 0.15) is 6.61 Å². The first-order chi connectivity index (χ1) is 8.88. The first-order valence-corrected chi connectivity index (χ1v) is 7.94. The summed E-state index contributed by atoms with van der Waals surface area (Å²) in [4.78, 5) is -0.146. The molecule has 0 bridgehead atoms. The predicted octanol–water partition coefficient (Wildman–Crippen LogP) is 2.20. The Morgan fingerprint density at radius 2 is 2.00 bits per heavy atom. The van der Waals surface area contributed by atoms with E-state index in [0.717, 1.165) is 19.4 Å². The monoisotopic (exact) mass is 325 g/mol. The van der Waals surface area contributed by atoms with Crippen LogP contribution in [-0.2, 0) is 14.8 Å². The highest BCUT2D eigenvalue weighted by Crippen LogP contribution is 2.35. The van der Waals surface area contributed by atoms with Crippen LogP contribution in [0.4, 0.5) is 0 Å². The summed E-state index contributed by atoms with van der Waals surface area (Å²) >= 11 is 11.9. The molecule has 1 aliphatic rings. The van der Waals surface area contributed by atoms with Crippen LogP contribution in [0.25, 0.3) is 0 Å². The lowest BCUT2D eigenvalue weighted by Crippen LogP contribution is -2.17. The number of halogens is 2. The van der Waals surface area contributed by atoms with E-state index >= 15 is 0 Å². The Kier molecular flexibility index (Phi) is 4.58. The van der Waals surface area contributed by atoms with Gasteiger partial charge in [-0.05, 0) is 25.0 Å². The molecule has 0 spiro atoms. The van der Waals surface area contributed by atoms with Crippen LogP contribution in [0.3, 0.4) is 0 Å². The minimum absolute atomic E-state index is 0.0186. The first-order valence-electron chi connectivity index (χ1n) is 5.64. The number of rotatable bonds is 4. The Morgan fingerprint density at radius 3 is 2.47 bits per heavy atom. The highest BCUT2D eigenvalue weighted by Gasteiger charge is 2.19. The number of primary sulfonamides is 1. The van der Waals surface area contributed by atoms with Gasteiger partial charge in [0.15, 0.2) is 5.75 Å². The van der Waals surface area contributed by atoms with Crippen LogP contribution in [0.5, 0.6) is 5.75 Å². The van der Waals surface area contributed by atoms with Gasteiger partial charge in [-0.1, -0.05) is 23.2 Å². The highest BCUT2D eigenvalue weighted by atomic mass is 35.5. The van der Waals surface area contributed by atoms with Gasteiger partial charge in [0.25, 0.3) is 0 Å². The molecule has 0 amide bonds. The van der Waals surface area contributed by atoms with Crippen LogP contribution in [0.2, 0.25) is 10.0 Å². The third-order valence-corrected chi connectivity index (χ3v) is 4.19. The maximum atomic E-state index is 11.2. The maximum Gasteiger partial charge on any atom is 0.238 e. The SMILES string of the molecule is NS(=O)(=O)c1cc(Cl)c(OCC2CCCO2)c(Cl)c1. The Morgan fingerprint density at radius 1 is 1.37 bits per heavy atom. The number of benzene rings is 1. The van der Waals surface area contributed by atoms with E-state index in [4.69, 9.17) is 37.8 Å². The quantitative estimate of drug-likeness (QED) is 0.920. The zero-order valence-corrected chi connectivity index (χ0v) is 12.3. The van der Waals surface area contributed by atoms with Crippen molar-refractivity contribution in [3.63, 3.8) is 0 Å². The molecule has 1 aromatic carbocycles. The second-order valence-electron chi connectivity index (χ2n) is 4.21. The van der Waals surface area contributed by atoms with E-state index in [2.05, 4.69) is 0 Å². The van der Waals surface area contributed by atoms with Crippen molar-refractivity contribution in [3.05, 3.63) is 22.2 Å². The topological polar surface area (TPSA) is 78.6 Å². The Hall–Kier alpha value is -0.530. The first kappa shape index (κ1) is 14.9. The van der Waals surface area contributed by atoms with Crippen LogP contribution >= 0.6 is 23.2 Å². The summed E-state index contributed by atoms with van der Waals surface area (Å²) in [7, 11) is -3.84. The van der Waals surface area contributed by atoms with Crippen LogP contribution in [0, 0.1) is 0 Å². The average molecular weight is 326 g/mol. The van der Waals surface area contributed by atoms with Gasteiger partial charge in [-0.2, -0.15) is 0 Å². The molecule has 1 atom stereocenters. The number of ether oxygens (including phenoxy) is 2. The molecule has 1 fully saturated rings. The normalized spacial score (nSPS) is 19.6. The van der Waals surface area contributed by atoms with E-state index in [0.29, 0.717) is 6.61 Å². The molecule has 0 aliphatic carbocycles. The third-order valence-electron chi connectivity index (χ3n) is 2.74. The van der Waals surface area contributed by atoms with Crippen molar-refractivity contribution in [2.45, 2.75) is 23.8 Å². The summed E-state index contributed by atoms with van der Waals surface area (Å²) in [5.41, 5.74) is 0. The van der Waals surface area contributed by atoms with Crippen molar-refractivity contribution in [2.75, 3.05) is 13.2 Å². The molecule has 5 nitrogen and oxygen atoms in total. The molecule has 1 aromatic rings. The molecule has 8 heteroatoms. The van der Waals surface area contributed by atoms with Gasteiger partial charge >= 0.3 is 0 Å². The zero-order valence-electron chi connectivity index (χ0n) is 9.93. The lowest BCUT2D eigenvalue weighted by atomic mass is 10.2. The van der Waals surface area contributed by atoms with E-state index in [9.17, 15) is 8.42 Å². The van der Waals surface area contributed by atoms with Gasteiger partial charge in [-0.15, -0.1) is 0 Å². The molecule has 1 saturated heterocycles. The summed E-state index contributed by atoms with van der Waals surface area (Å²) < 4.78 is 33.3. The minimum atomic E-state index is -3.84. The van der Waals surface area contributed by atoms with Crippen molar-refractivity contribution in [3.8, 4) is 5.75 Å². The Labute approximate surface area is 121 Å². The lowest BCUT2D eigenvalue weighted by molar-refractivity contribution is 0.0680. The molecular weight excluding hydrogens is 313 g/mol. The summed E-state index contributed by atoms with van der Waals surface area (Å²) in [5.74, 6) is 0.242. The second kappa shape index (κ2) is 5.85. The van der Waals surface area contributed by atoms with Gasteiger partial charge < -0.3 is 9.47 Å². The summed E-state index contributed by atoms with van der Waals surface area (Å²) in [6.45, 7) is 1.05. The molecule has 2 N–H and O–H groups in total. The molecule has 106 valence electrons. The van der Waals surface area contributed by atoms with Gasteiger partial charge in [0.2, 0.25) is 10.0 Å². The maximum absolute atomic E-state index is 11.2. The molecule has 0 aromatic heterocycles. The largest absolute Gasteiger partial charge is 0.488 e. The lowest BCUT2D eigenvalue weighted by Gasteiger charge is -2.14. The van der Waals surface area contributed by atoms with Crippen LogP contribution in [0.15, 0.2) is 17.0 Å². The van der Waals surface area contributed by atoms with Crippen molar-refractivity contribution >= 4 is 33.2 Å². The van der Waals surface area contributed by atoms with E-state index in [-0.39, 0.29) is 26.8 Å². The fourth-order valence-corrected chi connectivity index (χ4v) is 3.08. The number of sulfonamides is 1. The van der Waals surface area contributed by atoms with Crippen molar-refractivity contribution in [1.29, 1.82) is 0 Å². The van der Waals surface area contributed by atoms with E-state index in [1.807, 2.05) is 0 Å². The summed E-state index contributed by atoms with van der Waals surface area (Å²) in [6.07, 6.45) is 1.94. The van der Waals surface area contributed by atoms with Gasteiger partial charge in [0.05, 0.1) is 21.0 Å². The standard InChI is InChI=1S/C11H13Cl2NO4S/c12-9-4-8(19(14,15)16)5-10(13)11(9)18-6-7-2-1-3-17-7/h4-5,7H,1-3,6H2,(H2,14,15,16). The fraction of sp³-hybridized carbons (Fsp3) is 0.455. The average Bonchev–Trinajstić information content (AvgIpc) is 2.79. The molecule has 0 radical (unpaired) electrons. The van der Waals surface area contributed by atoms with Crippen molar-refractivity contribution in [1.82, 2.24) is 0 Å². The number of nitrogens with two attached hydrogens (primary N) is 1. The fourth-order valence-electron chi connectivity index (χ4n) is 1.79. The van der Waals surface area contributed by atoms with E-state index in [1.54, 1.807) is 0 Å². The Balaban J connectivity index is 2.17. The highest BCUT2D eigenvalue weighted by molar-refractivity contribution is 7.89. The third kappa shape index (κ3) is 3.73. The van der Waals surface area contributed by atoms with Gasteiger partial charge in [-0.3, -0.25) is 0 Å². The van der Waals surface area contributed by atoms with Crippen molar-refractivity contribution < 1.29 is 17.9 Å². The Bertz CT molecular complexity index is 547. The second-order valence-corrected chi connectivity index (χ2v) is 6.58. The van der Waals surface area contributed by atoms with Crippen LogP contribution < -0.4 is 9.88 Å². The molecule has 1 unspecified atom stereocenters. The minimum Gasteiger partial charge on any atom is -0.488 e. The van der Waals surface area contributed by atoms with Crippen molar-refractivity contribution in [2.24, 2.45) is 5.14 Å². The number of hydrogen-bond acceptors (Lipinski definition) is 4. The molecule has 2 rings (SSSR count). The van der Waals surface area contributed by atoms with E-state index < -0.39 is 10.0 Å². The summed E-state index contributed by atoms with van der Waals surface area (Å²) in [6, 6.07) is 2.43. The van der Waals surface area contributed by atoms with Crippen LogP contribution in [0.1, 0.15) is 12.8 Å². The zero-order chi connectivity index (χ0) is 14.0. The molecular formula is C11H13Cl2NO4S. The van der Waals surface area contributed by atoms with Gasteiger partial charge in [-0.25, -0.2) is 13.6 Å². The molecule has 1 aliphatic heterocycles. The molecule has 0 saturated carbocycles. The predicted molar refractivity (Wildman–Crippen MR) is 72.3 cm³/mol. The smallest absolute Gasteiger partial charge is 0.238 e.